The predicted molar refractivity (Wildman–Crippen MR) is 70.7 cm³/mol. The molecule has 1 aliphatic rings. The molecule has 21 heavy (non-hydrogen) atoms. The Labute approximate surface area is 122 Å². The molecular formula is C13H21F3N4O. The van der Waals surface area contributed by atoms with E-state index in [1.165, 1.54) is 19.3 Å². The van der Waals surface area contributed by atoms with Crippen molar-refractivity contribution >= 4 is 0 Å². The molecule has 8 heteroatoms. The lowest BCUT2D eigenvalue weighted by Crippen LogP contribution is -2.36. The summed E-state index contributed by atoms with van der Waals surface area (Å²) < 4.78 is 41.5. The van der Waals surface area contributed by atoms with Gasteiger partial charge in [-0.3, -0.25) is 4.90 Å². The Morgan fingerprint density at radius 1 is 1.24 bits per heavy atom. The summed E-state index contributed by atoms with van der Waals surface area (Å²) in [6.07, 6.45) is -1.66. The van der Waals surface area contributed by atoms with E-state index in [2.05, 4.69) is 15.0 Å². The first-order valence-corrected chi connectivity index (χ1v) is 7.21. The number of likely N-dealkylation sites (N-methyl/N-ethyl adjacent to an activating group) is 1. The highest BCUT2D eigenvalue weighted by atomic mass is 19.4. The second kappa shape index (κ2) is 7.22. The van der Waals surface area contributed by atoms with Crippen molar-refractivity contribution in [2.24, 2.45) is 0 Å². The molecule has 1 fully saturated rings. The van der Waals surface area contributed by atoms with Crippen LogP contribution in [0.2, 0.25) is 0 Å². The first-order valence-electron chi connectivity index (χ1n) is 7.21. The van der Waals surface area contributed by atoms with Gasteiger partial charge in [0.15, 0.2) is 5.82 Å². The van der Waals surface area contributed by atoms with E-state index in [1.807, 2.05) is 11.9 Å². The van der Waals surface area contributed by atoms with E-state index >= 15 is 0 Å². The summed E-state index contributed by atoms with van der Waals surface area (Å²) in [6.45, 7) is 4.42. The maximum absolute atomic E-state index is 12.2. The number of rotatable bonds is 6. The van der Waals surface area contributed by atoms with Gasteiger partial charge in [0, 0.05) is 13.1 Å². The highest BCUT2D eigenvalue weighted by molar-refractivity contribution is 4.88. The highest BCUT2D eigenvalue weighted by Gasteiger charge is 2.30. The fraction of sp³-hybridized carbons (Fsp3) is 0.846. The van der Waals surface area contributed by atoms with E-state index in [0.29, 0.717) is 6.54 Å². The van der Waals surface area contributed by atoms with Crippen LogP contribution in [-0.4, -0.2) is 59.3 Å². The lowest BCUT2D eigenvalue weighted by Gasteiger charge is -2.28. The van der Waals surface area contributed by atoms with E-state index in [0.717, 1.165) is 26.2 Å². The summed E-state index contributed by atoms with van der Waals surface area (Å²) in [4.78, 5) is 8.17. The summed E-state index contributed by atoms with van der Waals surface area (Å²) in [5, 5.41) is 3.36. The largest absolute Gasteiger partial charge is 0.396 e. The molecule has 0 bridgehead atoms. The van der Waals surface area contributed by atoms with Gasteiger partial charge >= 0.3 is 6.18 Å². The first-order chi connectivity index (χ1) is 9.92. The molecule has 1 aromatic heterocycles. The molecule has 5 nitrogen and oxygen atoms in total. The Hall–Kier alpha value is -1.15. The van der Waals surface area contributed by atoms with Gasteiger partial charge in [0.2, 0.25) is 5.89 Å². The minimum Gasteiger partial charge on any atom is -0.338 e. The van der Waals surface area contributed by atoms with Crippen LogP contribution in [0.3, 0.4) is 0 Å². The number of hydrogen-bond acceptors (Lipinski definition) is 5. The van der Waals surface area contributed by atoms with Crippen molar-refractivity contribution in [1.29, 1.82) is 0 Å². The van der Waals surface area contributed by atoms with E-state index in [1.54, 1.807) is 0 Å². The van der Waals surface area contributed by atoms with Gasteiger partial charge in [-0.15, -0.1) is 0 Å². The summed E-state index contributed by atoms with van der Waals surface area (Å²) in [5.41, 5.74) is 0. The molecule has 120 valence electrons. The monoisotopic (exact) mass is 306 g/mol. The zero-order chi connectivity index (χ0) is 15.3. The number of hydrogen-bond donors (Lipinski definition) is 0. The second-order valence-electron chi connectivity index (χ2n) is 5.54. The van der Waals surface area contributed by atoms with Crippen LogP contribution in [0.25, 0.3) is 0 Å². The van der Waals surface area contributed by atoms with Crippen LogP contribution in [0.15, 0.2) is 4.52 Å². The van der Waals surface area contributed by atoms with Crippen LogP contribution in [0.1, 0.15) is 31.0 Å². The Bertz CT molecular complexity index is 429. The van der Waals surface area contributed by atoms with Gasteiger partial charge in [0.1, 0.15) is 6.42 Å². The number of halogens is 3. The molecule has 0 spiro atoms. The van der Waals surface area contributed by atoms with Crippen molar-refractivity contribution in [2.45, 2.75) is 38.4 Å². The number of aromatic nitrogens is 2. The SMILES string of the molecule is CN(CCN1CCCCC1)Cc1nc(CC(F)(F)F)no1. The van der Waals surface area contributed by atoms with Gasteiger partial charge in [-0.2, -0.15) is 18.2 Å². The van der Waals surface area contributed by atoms with E-state index < -0.39 is 12.6 Å². The van der Waals surface area contributed by atoms with Crippen LogP contribution in [-0.2, 0) is 13.0 Å². The van der Waals surface area contributed by atoms with E-state index in [-0.39, 0.29) is 11.7 Å². The van der Waals surface area contributed by atoms with Crippen molar-refractivity contribution in [3.8, 4) is 0 Å². The van der Waals surface area contributed by atoms with Crippen LogP contribution < -0.4 is 0 Å². The summed E-state index contributed by atoms with van der Waals surface area (Å²) in [7, 11) is 1.90. The molecular weight excluding hydrogens is 285 g/mol. The molecule has 0 unspecified atom stereocenters. The topological polar surface area (TPSA) is 45.4 Å². The molecule has 0 atom stereocenters. The number of likely N-dealkylation sites (tertiary alicyclic amines) is 1. The van der Waals surface area contributed by atoms with Gasteiger partial charge < -0.3 is 9.42 Å². The smallest absolute Gasteiger partial charge is 0.338 e. The average molecular weight is 306 g/mol. The van der Waals surface area contributed by atoms with Crippen LogP contribution in [0, 0.1) is 0 Å². The maximum atomic E-state index is 12.2. The average Bonchev–Trinajstić information content (AvgIpc) is 2.82. The summed E-state index contributed by atoms with van der Waals surface area (Å²) >= 11 is 0. The van der Waals surface area contributed by atoms with Crippen molar-refractivity contribution < 1.29 is 17.7 Å². The Kier molecular flexibility index (Phi) is 5.58. The van der Waals surface area contributed by atoms with Gasteiger partial charge in [-0.25, -0.2) is 0 Å². The van der Waals surface area contributed by atoms with Crippen LogP contribution in [0.5, 0.6) is 0 Å². The lowest BCUT2D eigenvalue weighted by molar-refractivity contribution is -0.128. The van der Waals surface area contributed by atoms with Crippen LogP contribution in [0.4, 0.5) is 13.2 Å². The van der Waals surface area contributed by atoms with Gasteiger partial charge in [-0.05, 0) is 33.0 Å². The second-order valence-corrected chi connectivity index (χ2v) is 5.54. The fourth-order valence-corrected chi connectivity index (χ4v) is 2.41. The maximum Gasteiger partial charge on any atom is 0.396 e. The summed E-state index contributed by atoms with van der Waals surface area (Å²) in [6, 6.07) is 0. The zero-order valence-electron chi connectivity index (χ0n) is 12.2. The molecule has 0 radical (unpaired) electrons. The molecule has 2 rings (SSSR count). The molecule has 2 heterocycles. The van der Waals surface area contributed by atoms with E-state index in [4.69, 9.17) is 4.52 Å². The highest BCUT2D eigenvalue weighted by Crippen LogP contribution is 2.19. The minimum atomic E-state index is -4.30. The Morgan fingerprint density at radius 2 is 1.95 bits per heavy atom. The van der Waals surface area contributed by atoms with E-state index in [9.17, 15) is 13.2 Å². The Balaban J connectivity index is 1.73. The number of nitrogens with zero attached hydrogens (tertiary/aromatic N) is 4. The first kappa shape index (κ1) is 16.2. The zero-order valence-corrected chi connectivity index (χ0v) is 12.2. The number of alkyl halides is 3. The van der Waals surface area contributed by atoms with Gasteiger partial charge in [0.25, 0.3) is 0 Å². The number of piperidine rings is 1. The Morgan fingerprint density at radius 3 is 2.62 bits per heavy atom. The molecule has 1 aromatic rings. The quantitative estimate of drug-likeness (QED) is 0.805. The molecule has 0 saturated carbocycles. The minimum absolute atomic E-state index is 0.232. The lowest BCUT2D eigenvalue weighted by atomic mass is 10.1. The van der Waals surface area contributed by atoms with Crippen molar-refractivity contribution in [1.82, 2.24) is 19.9 Å². The molecule has 1 aliphatic heterocycles. The third-order valence-corrected chi connectivity index (χ3v) is 3.52. The predicted octanol–water partition coefficient (Wildman–Crippen LogP) is 2.09. The molecule has 1 saturated heterocycles. The van der Waals surface area contributed by atoms with Crippen molar-refractivity contribution in [3.05, 3.63) is 11.7 Å². The third-order valence-electron chi connectivity index (χ3n) is 3.52. The summed E-state index contributed by atoms with van der Waals surface area (Å²) in [5.74, 6) is -0.0719. The molecule has 0 aliphatic carbocycles. The van der Waals surface area contributed by atoms with Gasteiger partial charge in [0.05, 0.1) is 6.54 Å². The van der Waals surface area contributed by atoms with Crippen molar-refractivity contribution in [3.63, 3.8) is 0 Å². The normalized spacial score (nSPS) is 17.6. The molecule has 0 amide bonds. The van der Waals surface area contributed by atoms with Gasteiger partial charge in [-0.1, -0.05) is 11.6 Å². The standard InChI is InChI=1S/C13H21F3N4O/c1-19(7-8-20-5-3-2-4-6-20)10-12-17-11(18-21-12)9-13(14,15)16/h2-10H2,1H3. The molecule has 0 N–H and O–H groups in total. The van der Waals surface area contributed by atoms with Crippen molar-refractivity contribution in [2.75, 3.05) is 33.2 Å². The molecule has 0 aromatic carbocycles. The van der Waals surface area contributed by atoms with Crippen LogP contribution >= 0.6 is 0 Å². The fourth-order valence-electron chi connectivity index (χ4n) is 2.41. The third kappa shape index (κ3) is 6.01.